The van der Waals surface area contributed by atoms with Gasteiger partial charge in [0.1, 0.15) is 18.1 Å². The van der Waals surface area contributed by atoms with Crippen molar-refractivity contribution in [3.63, 3.8) is 0 Å². The fraction of sp³-hybridized carbons (Fsp3) is 0.588. The minimum atomic E-state index is -1.50. The van der Waals surface area contributed by atoms with Crippen LogP contribution in [0.1, 0.15) is 39.0 Å². The summed E-state index contributed by atoms with van der Waals surface area (Å²) in [6.07, 6.45) is -1.99. The largest absolute Gasteiger partial charge is 0.481 e. The molecule has 0 fully saturated rings. The van der Waals surface area contributed by atoms with Gasteiger partial charge in [-0.15, -0.1) is 0 Å². The number of carbonyl (C=O) groups is 7. The van der Waals surface area contributed by atoms with Gasteiger partial charge in [-0.3, -0.25) is 33.6 Å². The minimum absolute atomic E-state index is 0.283. The van der Waals surface area contributed by atoms with Gasteiger partial charge >= 0.3 is 11.9 Å². The van der Waals surface area contributed by atoms with Crippen molar-refractivity contribution in [1.29, 1.82) is 0 Å². The lowest BCUT2D eigenvalue weighted by atomic mass is 10.1. The van der Waals surface area contributed by atoms with E-state index in [0.29, 0.717) is 0 Å². The lowest BCUT2D eigenvalue weighted by Gasteiger charge is -2.24. The van der Waals surface area contributed by atoms with Crippen LogP contribution in [0.25, 0.3) is 0 Å². The van der Waals surface area contributed by atoms with Crippen LogP contribution in [0.4, 0.5) is 0 Å². The third kappa shape index (κ3) is 11.4. The van der Waals surface area contributed by atoms with Crippen molar-refractivity contribution >= 4 is 41.5 Å². The summed E-state index contributed by atoms with van der Waals surface area (Å²) in [6.45, 7) is 1.17. The number of rotatable bonds is 15. The van der Waals surface area contributed by atoms with Crippen molar-refractivity contribution in [3.05, 3.63) is 0 Å². The Labute approximate surface area is 182 Å². The number of carbonyl (C=O) groups excluding carboxylic acids is 5. The molecule has 0 radical (unpaired) electrons. The van der Waals surface area contributed by atoms with Gasteiger partial charge in [0.2, 0.25) is 29.5 Å². The van der Waals surface area contributed by atoms with Crippen LogP contribution in [0.3, 0.4) is 0 Å². The second-order valence-electron chi connectivity index (χ2n) is 6.91. The highest BCUT2D eigenvalue weighted by molar-refractivity contribution is 5.95. The second-order valence-corrected chi connectivity index (χ2v) is 6.91. The van der Waals surface area contributed by atoms with Crippen LogP contribution < -0.4 is 33.2 Å². The number of primary amides is 2. The molecule has 0 aromatic carbocycles. The molecular weight excluding hydrogens is 432 g/mol. The molecule has 5 amide bonds. The van der Waals surface area contributed by atoms with Gasteiger partial charge in [0.25, 0.3) is 0 Å². The SMILES string of the molecule is CC(NC(=O)C(CCC(N)=O)NC(=O)C(CCC(N)=O)NC(=O)C(N)CC(=O)O)C(=O)O. The van der Waals surface area contributed by atoms with E-state index in [1.807, 2.05) is 0 Å². The quantitative estimate of drug-likeness (QED) is 0.117. The lowest BCUT2D eigenvalue weighted by molar-refractivity contribution is -0.142. The monoisotopic (exact) mass is 460 g/mol. The Bertz CT molecular complexity index is 757. The number of amides is 5. The van der Waals surface area contributed by atoms with E-state index in [0.717, 1.165) is 0 Å². The van der Waals surface area contributed by atoms with Crippen LogP contribution in [0.5, 0.6) is 0 Å². The van der Waals surface area contributed by atoms with Crippen molar-refractivity contribution in [2.24, 2.45) is 17.2 Å². The summed E-state index contributed by atoms with van der Waals surface area (Å²) in [6, 6.07) is -5.65. The first-order chi connectivity index (χ1) is 14.7. The lowest BCUT2D eigenvalue weighted by Crippen LogP contribution is -2.57. The molecular formula is C17H28N6O9. The topological polar surface area (TPSA) is 274 Å². The fourth-order valence-electron chi connectivity index (χ4n) is 2.32. The Hall–Kier alpha value is -3.75. The van der Waals surface area contributed by atoms with Gasteiger partial charge in [-0.25, -0.2) is 0 Å². The van der Waals surface area contributed by atoms with Crippen LogP contribution in [0.2, 0.25) is 0 Å². The molecule has 0 aliphatic heterocycles. The number of carboxylic acids is 2. The Balaban J connectivity index is 5.48. The normalized spacial score (nSPS) is 14.2. The van der Waals surface area contributed by atoms with Crippen LogP contribution in [0, 0.1) is 0 Å². The van der Waals surface area contributed by atoms with Gasteiger partial charge in [-0.05, 0) is 19.8 Å². The van der Waals surface area contributed by atoms with Gasteiger partial charge in [-0.2, -0.15) is 0 Å². The van der Waals surface area contributed by atoms with Crippen LogP contribution in [-0.4, -0.2) is 75.9 Å². The molecule has 15 heteroatoms. The smallest absolute Gasteiger partial charge is 0.325 e. The molecule has 11 N–H and O–H groups in total. The standard InChI is InChI=1S/C17H28N6O9/c1-7(17(31)32)21-15(29)9(2-4-11(19)24)23-16(30)10(3-5-12(20)25)22-14(28)8(18)6-13(26)27/h7-10H,2-6,18H2,1H3,(H2,19,24)(H2,20,25)(H,21,29)(H,22,28)(H,23,30)(H,26,27)(H,31,32). The fourth-order valence-corrected chi connectivity index (χ4v) is 2.32. The molecule has 0 heterocycles. The van der Waals surface area contributed by atoms with Gasteiger partial charge in [-0.1, -0.05) is 0 Å². The Morgan fingerprint density at radius 2 is 1.16 bits per heavy atom. The number of carboxylic acid groups (broad SMARTS) is 2. The van der Waals surface area contributed by atoms with E-state index in [4.69, 9.17) is 27.4 Å². The molecule has 0 aliphatic rings. The zero-order valence-electron chi connectivity index (χ0n) is 17.3. The minimum Gasteiger partial charge on any atom is -0.481 e. The van der Waals surface area contributed by atoms with Gasteiger partial charge in [0, 0.05) is 12.8 Å². The first-order valence-corrected chi connectivity index (χ1v) is 9.42. The molecule has 0 rings (SSSR count). The summed E-state index contributed by atoms with van der Waals surface area (Å²) >= 11 is 0. The number of aliphatic carboxylic acids is 2. The Morgan fingerprint density at radius 1 is 0.750 bits per heavy atom. The maximum atomic E-state index is 12.7. The highest BCUT2D eigenvalue weighted by Gasteiger charge is 2.30. The summed E-state index contributed by atoms with van der Waals surface area (Å²) in [7, 11) is 0. The number of nitrogens with two attached hydrogens (primary N) is 3. The highest BCUT2D eigenvalue weighted by Crippen LogP contribution is 2.04. The van der Waals surface area contributed by atoms with E-state index < -0.39 is 72.1 Å². The van der Waals surface area contributed by atoms with Crippen molar-refractivity contribution in [2.75, 3.05) is 0 Å². The maximum absolute atomic E-state index is 12.7. The summed E-state index contributed by atoms with van der Waals surface area (Å²) in [5, 5.41) is 24.2. The van der Waals surface area contributed by atoms with Crippen LogP contribution in [0.15, 0.2) is 0 Å². The Kier molecular flexibility index (Phi) is 11.9. The first kappa shape index (κ1) is 28.2. The molecule has 4 atom stereocenters. The number of hydrogen-bond acceptors (Lipinski definition) is 8. The molecule has 0 bridgehead atoms. The Morgan fingerprint density at radius 3 is 1.53 bits per heavy atom. The molecule has 0 aliphatic carbocycles. The summed E-state index contributed by atoms with van der Waals surface area (Å²) in [4.78, 5) is 80.9. The zero-order valence-corrected chi connectivity index (χ0v) is 17.3. The summed E-state index contributed by atoms with van der Waals surface area (Å²) < 4.78 is 0. The third-order valence-electron chi connectivity index (χ3n) is 4.09. The predicted molar refractivity (Wildman–Crippen MR) is 106 cm³/mol. The van der Waals surface area contributed by atoms with E-state index in [2.05, 4.69) is 16.0 Å². The molecule has 0 saturated carbocycles. The van der Waals surface area contributed by atoms with Gasteiger partial charge < -0.3 is 43.4 Å². The molecule has 0 spiro atoms. The highest BCUT2D eigenvalue weighted by atomic mass is 16.4. The van der Waals surface area contributed by atoms with E-state index in [9.17, 15) is 33.6 Å². The maximum Gasteiger partial charge on any atom is 0.325 e. The van der Waals surface area contributed by atoms with E-state index in [1.165, 1.54) is 6.92 Å². The molecule has 0 aromatic rings. The average molecular weight is 460 g/mol. The van der Waals surface area contributed by atoms with Crippen molar-refractivity contribution in [1.82, 2.24) is 16.0 Å². The molecule has 4 unspecified atom stereocenters. The molecule has 0 aromatic heterocycles. The van der Waals surface area contributed by atoms with Crippen molar-refractivity contribution in [3.8, 4) is 0 Å². The predicted octanol–water partition coefficient (Wildman–Crippen LogP) is -4.12. The van der Waals surface area contributed by atoms with Crippen LogP contribution in [-0.2, 0) is 33.6 Å². The van der Waals surface area contributed by atoms with Gasteiger partial charge in [0.05, 0.1) is 12.5 Å². The molecule has 32 heavy (non-hydrogen) atoms. The molecule has 15 nitrogen and oxygen atoms in total. The average Bonchev–Trinajstić information content (AvgIpc) is 2.66. The summed E-state index contributed by atoms with van der Waals surface area (Å²) in [5.74, 6) is -7.22. The van der Waals surface area contributed by atoms with E-state index in [1.54, 1.807) is 0 Å². The first-order valence-electron chi connectivity index (χ1n) is 9.42. The van der Waals surface area contributed by atoms with Gasteiger partial charge in [0.15, 0.2) is 0 Å². The van der Waals surface area contributed by atoms with Crippen molar-refractivity contribution in [2.45, 2.75) is 63.2 Å². The molecule has 180 valence electrons. The third-order valence-corrected chi connectivity index (χ3v) is 4.09. The van der Waals surface area contributed by atoms with E-state index >= 15 is 0 Å². The van der Waals surface area contributed by atoms with Crippen LogP contribution >= 0.6 is 0 Å². The van der Waals surface area contributed by atoms with E-state index in [-0.39, 0.29) is 25.7 Å². The zero-order chi connectivity index (χ0) is 25.0. The molecule has 0 saturated heterocycles. The number of nitrogens with one attached hydrogen (secondary N) is 3. The number of hydrogen-bond donors (Lipinski definition) is 8. The van der Waals surface area contributed by atoms with Crippen molar-refractivity contribution < 1.29 is 43.8 Å². The summed E-state index contributed by atoms with van der Waals surface area (Å²) in [5.41, 5.74) is 15.6. The second kappa shape index (κ2) is 13.5.